The van der Waals surface area contributed by atoms with Gasteiger partial charge in [0, 0.05) is 39.1 Å². The van der Waals surface area contributed by atoms with Crippen LogP contribution in [0, 0.1) is 0 Å². The van der Waals surface area contributed by atoms with E-state index in [9.17, 15) is 9.59 Å². The lowest BCUT2D eigenvalue weighted by atomic mass is 10.0. The highest BCUT2D eigenvalue weighted by Crippen LogP contribution is 2.28. The Bertz CT molecular complexity index is 1450. The number of rotatable bonds is 12. The maximum Gasteiger partial charge on any atom is 0.426 e. The number of unbranched alkanes of at least 4 members (excludes halogenated alkanes) is 6. The number of carbonyl (C=O) groups is 1. The lowest BCUT2D eigenvalue weighted by Gasteiger charge is -2.36. The maximum absolute atomic E-state index is 13.0. The predicted molar refractivity (Wildman–Crippen MR) is 163 cm³/mol. The highest BCUT2D eigenvalue weighted by Gasteiger charge is 2.23. The number of anilines is 1. The van der Waals surface area contributed by atoms with Crippen LogP contribution in [0.5, 0.6) is 0 Å². The Morgan fingerprint density at radius 1 is 0.775 bits per heavy atom. The van der Waals surface area contributed by atoms with E-state index in [4.69, 9.17) is 4.42 Å². The van der Waals surface area contributed by atoms with Crippen LogP contribution in [0.4, 0.5) is 5.69 Å². The normalized spacial score (nSPS) is 14.2. The van der Waals surface area contributed by atoms with Crippen molar-refractivity contribution in [3.05, 3.63) is 88.9 Å². The Labute approximate surface area is 237 Å². The first-order chi connectivity index (χ1) is 19.6. The summed E-state index contributed by atoms with van der Waals surface area (Å²) in [7, 11) is 0. The second-order valence-corrected chi connectivity index (χ2v) is 10.9. The molecule has 5 rings (SSSR count). The molecule has 1 fully saturated rings. The monoisotopic (exact) mass is 539 g/mol. The van der Waals surface area contributed by atoms with E-state index in [1.165, 1.54) is 46.9 Å². The van der Waals surface area contributed by atoms with Crippen LogP contribution in [0.2, 0.25) is 0 Å². The van der Waals surface area contributed by atoms with Crippen LogP contribution in [-0.4, -0.2) is 41.6 Å². The molecule has 1 aromatic heterocycles. The topological polar surface area (TPSA) is 58.7 Å². The molecule has 0 atom stereocenters. The minimum atomic E-state index is -0.577. The van der Waals surface area contributed by atoms with E-state index in [0.717, 1.165) is 57.7 Å². The largest absolute Gasteiger partial charge is 0.426 e. The molecule has 210 valence electrons. The van der Waals surface area contributed by atoms with Gasteiger partial charge in [-0.3, -0.25) is 9.69 Å². The van der Waals surface area contributed by atoms with Gasteiger partial charge in [-0.2, -0.15) is 0 Å². The molecular formula is C34H41N3O3. The summed E-state index contributed by atoms with van der Waals surface area (Å²) in [6, 6.07) is 25.0. The third-order valence-electron chi connectivity index (χ3n) is 7.98. The van der Waals surface area contributed by atoms with Crippen molar-refractivity contribution >= 4 is 22.7 Å². The van der Waals surface area contributed by atoms with Crippen LogP contribution in [0.3, 0.4) is 0 Å². The van der Waals surface area contributed by atoms with E-state index < -0.39 is 5.76 Å². The zero-order valence-electron chi connectivity index (χ0n) is 23.7. The van der Waals surface area contributed by atoms with Crippen LogP contribution in [0.15, 0.2) is 82.0 Å². The summed E-state index contributed by atoms with van der Waals surface area (Å²) in [5.74, 6) is -0.746. The first-order valence-corrected chi connectivity index (χ1v) is 14.9. The quantitative estimate of drug-likeness (QED) is 0.176. The molecule has 4 aromatic rings. The molecule has 1 saturated heterocycles. The Kier molecular flexibility index (Phi) is 9.50. The molecule has 0 aliphatic carbocycles. The zero-order valence-corrected chi connectivity index (χ0v) is 23.7. The molecule has 1 aliphatic heterocycles. The second kappa shape index (κ2) is 13.6. The lowest BCUT2D eigenvalue weighted by molar-refractivity contribution is 0.0895. The van der Waals surface area contributed by atoms with E-state index >= 15 is 0 Å². The smallest absolute Gasteiger partial charge is 0.405 e. The van der Waals surface area contributed by atoms with Crippen LogP contribution in [0.25, 0.3) is 22.2 Å². The number of fused-ring (bicyclic) bond motifs is 1. The van der Waals surface area contributed by atoms with Crippen molar-refractivity contribution in [1.29, 1.82) is 0 Å². The fraction of sp³-hybridized carbons (Fsp3) is 0.412. The number of hydrogen-bond donors (Lipinski definition) is 0. The molecule has 0 bridgehead atoms. The molecule has 2 heterocycles. The summed E-state index contributed by atoms with van der Waals surface area (Å²) < 4.78 is 6.93. The van der Waals surface area contributed by atoms with Gasteiger partial charge in [0.1, 0.15) is 5.52 Å². The van der Waals surface area contributed by atoms with Gasteiger partial charge in [-0.1, -0.05) is 100 Å². The van der Waals surface area contributed by atoms with Gasteiger partial charge in [-0.05, 0) is 41.3 Å². The van der Waals surface area contributed by atoms with Gasteiger partial charge in [0.15, 0.2) is 5.58 Å². The maximum atomic E-state index is 13.0. The van der Waals surface area contributed by atoms with Crippen molar-refractivity contribution in [2.75, 3.05) is 31.1 Å². The molecule has 3 aromatic carbocycles. The minimum absolute atomic E-state index is 0.169. The lowest BCUT2D eigenvalue weighted by Crippen LogP contribution is -2.46. The molecule has 6 heteroatoms. The standard InChI is InChI=1S/C34H41N3O3/c1-2-3-4-5-6-7-11-20-32(38)37-31-19-13-18-30(33(31)40-34(37)39)36-23-21-35(22-24-36)26-27-14-12-17-29(25-27)28-15-9-8-10-16-28/h8-10,12-19,25H,2-7,11,20-24,26H2,1H3. The molecule has 0 radical (unpaired) electrons. The number of carbonyl (C=O) groups excluding carboxylic acids is 1. The number of para-hydroxylation sites is 1. The van der Waals surface area contributed by atoms with Gasteiger partial charge in [0.2, 0.25) is 5.91 Å². The van der Waals surface area contributed by atoms with E-state index in [0.29, 0.717) is 17.5 Å². The average Bonchev–Trinajstić information content (AvgIpc) is 3.33. The summed E-state index contributed by atoms with van der Waals surface area (Å²) in [5, 5.41) is 0. The number of hydrogen-bond acceptors (Lipinski definition) is 5. The van der Waals surface area contributed by atoms with Crippen LogP contribution in [-0.2, 0) is 6.54 Å². The SMILES string of the molecule is CCCCCCCCCC(=O)n1c(=O)oc2c(N3CCN(Cc4cccc(-c5ccccc5)c4)CC3)cccc21. The fourth-order valence-corrected chi connectivity index (χ4v) is 5.74. The van der Waals surface area contributed by atoms with Crippen molar-refractivity contribution < 1.29 is 9.21 Å². The molecule has 0 saturated carbocycles. The van der Waals surface area contributed by atoms with Crippen LogP contribution in [0.1, 0.15) is 68.6 Å². The van der Waals surface area contributed by atoms with Gasteiger partial charge in [-0.25, -0.2) is 9.36 Å². The molecule has 0 N–H and O–H groups in total. The summed E-state index contributed by atoms with van der Waals surface area (Å²) in [6.07, 6.45) is 8.32. The van der Waals surface area contributed by atoms with Crippen molar-refractivity contribution in [3.8, 4) is 11.1 Å². The number of nitrogens with zero attached hydrogens (tertiary/aromatic N) is 3. The van der Waals surface area contributed by atoms with Gasteiger partial charge < -0.3 is 9.32 Å². The van der Waals surface area contributed by atoms with E-state index in [2.05, 4.69) is 65.3 Å². The van der Waals surface area contributed by atoms with Crippen molar-refractivity contribution in [3.63, 3.8) is 0 Å². The van der Waals surface area contributed by atoms with Crippen molar-refractivity contribution in [1.82, 2.24) is 9.47 Å². The highest BCUT2D eigenvalue weighted by atomic mass is 16.4. The summed E-state index contributed by atoms with van der Waals surface area (Å²) in [4.78, 5) is 30.5. The number of benzene rings is 3. The number of piperazine rings is 1. The molecule has 1 aliphatic rings. The molecule has 0 spiro atoms. The molecule has 0 unspecified atom stereocenters. The first kappa shape index (κ1) is 27.9. The summed E-state index contributed by atoms with van der Waals surface area (Å²) in [6.45, 7) is 6.60. The Balaban J connectivity index is 1.19. The van der Waals surface area contributed by atoms with Crippen LogP contribution >= 0.6 is 0 Å². The summed E-state index contributed by atoms with van der Waals surface area (Å²) in [5.41, 5.74) is 5.77. The van der Waals surface area contributed by atoms with Gasteiger partial charge >= 0.3 is 5.76 Å². The average molecular weight is 540 g/mol. The molecule has 0 amide bonds. The van der Waals surface area contributed by atoms with Crippen molar-refractivity contribution in [2.45, 2.75) is 64.8 Å². The van der Waals surface area contributed by atoms with Crippen LogP contribution < -0.4 is 10.7 Å². The van der Waals surface area contributed by atoms with Gasteiger partial charge in [0.05, 0.1) is 5.69 Å². The molecule has 6 nitrogen and oxygen atoms in total. The third kappa shape index (κ3) is 6.73. The molecule has 40 heavy (non-hydrogen) atoms. The Morgan fingerprint density at radius 2 is 1.48 bits per heavy atom. The number of aromatic nitrogens is 1. The van der Waals surface area contributed by atoms with E-state index in [-0.39, 0.29) is 5.91 Å². The number of oxazole rings is 1. The highest BCUT2D eigenvalue weighted by molar-refractivity contribution is 5.94. The Morgan fingerprint density at radius 3 is 2.25 bits per heavy atom. The fourth-order valence-electron chi connectivity index (χ4n) is 5.74. The van der Waals surface area contributed by atoms with E-state index in [1.807, 2.05) is 24.3 Å². The van der Waals surface area contributed by atoms with Crippen molar-refractivity contribution in [2.24, 2.45) is 0 Å². The zero-order chi connectivity index (χ0) is 27.7. The minimum Gasteiger partial charge on any atom is -0.405 e. The molecular weight excluding hydrogens is 498 g/mol. The van der Waals surface area contributed by atoms with Gasteiger partial charge in [-0.15, -0.1) is 0 Å². The third-order valence-corrected chi connectivity index (χ3v) is 7.98. The van der Waals surface area contributed by atoms with E-state index in [1.54, 1.807) is 0 Å². The van der Waals surface area contributed by atoms with Gasteiger partial charge in [0.25, 0.3) is 0 Å². The summed E-state index contributed by atoms with van der Waals surface area (Å²) >= 11 is 0. The first-order valence-electron chi connectivity index (χ1n) is 14.9. The second-order valence-electron chi connectivity index (χ2n) is 10.9. The predicted octanol–water partition coefficient (Wildman–Crippen LogP) is 7.36. The Hall–Kier alpha value is -3.64.